The predicted octanol–water partition coefficient (Wildman–Crippen LogP) is 1.41. The van der Waals surface area contributed by atoms with E-state index in [4.69, 9.17) is 19.9 Å². The van der Waals surface area contributed by atoms with Gasteiger partial charge in [-0.3, -0.25) is 0 Å². The smallest absolute Gasteiger partial charge is 0.231 e. The molecule has 7 heteroatoms. The molecule has 0 radical (unpaired) electrons. The molecule has 0 fully saturated rings. The minimum atomic E-state index is 0.164. The van der Waals surface area contributed by atoms with Crippen molar-refractivity contribution in [3.05, 3.63) is 29.8 Å². The first-order chi connectivity index (χ1) is 9.74. The standard InChI is InChI=1S/C13H14N4O3/c1-18-12-5-11(16-13(14)17-12)15-6-8-2-3-9-10(4-8)20-7-19-9/h2-5H,6-7H2,1H3,(H3,14,15,16,17). The van der Waals surface area contributed by atoms with Gasteiger partial charge in [0.25, 0.3) is 0 Å². The van der Waals surface area contributed by atoms with Crippen LogP contribution in [-0.2, 0) is 6.54 Å². The highest BCUT2D eigenvalue weighted by molar-refractivity contribution is 5.47. The fourth-order valence-electron chi connectivity index (χ4n) is 1.88. The molecule has 1 aromatic heterocycles. The first kappa shape index (κ1) is 12.3. The molecule has 7 nitrogen and oxygen atoms in total. The first-order valence-corrected chi connectivity index (χ1v) is 6.05. The number of nitrogens with one attached hydrogen (secondary N) is 1. The van der Waals surface area contributed by atoms with Crippen molar-refractivity contribution in [1.82, 2.24) is 9.97 Å². The topological polar surface area (TPSA) is 91.5 Å². The van der Waals surface area contributed by atoms with Crippen LogP contribution in [0.1, 0.15) is 5.56 Å². The number of aromatic nitrogens is 2. The first-order valence-electron chi connectivity index (χ1n) is 6.05. The van der Waals surface area contributed by atoms with E-state index in [1.807, 2.05) is 18.2 Å². The molecule has 1 aliphatic heterocycles. The van der Waals surface area contributed by atoms with Crippen LogP contribution >= 0.6 is 0 Å². The number of nitrogens with zero attached hydrogens (tertiary/aromatic N) is 2. The second-order valence-electron chi connectivity index (χ2n) is 4.19. The van der Waals surface area contributed by atoms with Gasteiger partial charge >= 0.3 is 0 Å². The molecule has 0 saturated heterocycles. The SMILES string of the molecule is COc1cc(NCc2ccc3c(c2)OCO3)nc(N)n1. The summed E-state index contributed by atoms with van der Waals surface area (Å²) in [6.45, 7) is 0.849. The zero-order chi connectivity index (χ0) is 13.9. The average molecular weight is 274 g/mol. The van der Waals surface area contributed by atoms with Crippen LogP contribution in [-0.4, -0.2) is 23.9 Å². The van der Waals surface area contributed by atoms with Gasteiger partial charge in [0, 0.05) is 12.6 Å². The third kappa shape index (κ3) is 2.51. The van der Waals surface area contributed by atoms with E-state index in [0.717, 1.165) is 17.1 Å². The van der Waals surface area contributed by atoms with E-state index in [1.165, 1.54) is 7.11 Å². The molecule has 0 amide bonds. The minimum absolute atomic E-state index is 0.164. The Labute approximate surface area is 115 Å². The lowest BCUT2D eigenvalue weighted by Crippen LogP contribution is -2.05. The normalized spacial score (nSPS) is 12.2. The molecular formula is C13H14N4O3. The van der Waals surface area contributed by atoms with Crippen molar-refractivity contribution in [2.24, 2.45) is 0 Å². The van der Waals surface area contributed by atoms with Crippen LogP contribution in [0.2, 0.25) is 0 Å². The lowest BCUT2D eigenvalue weighted by molar-refractivity contribution is 0.174. The number of nitrogen functional groups attached to an aromatic ring is 1. The maximum atomic E-state index is 5.60. The van der Waals surface area contributed by atoms with Crippen molar-refractivity contribution >= 4 is 11.8 Å². The van der Waals surface area contributed by atoms with Gasteiger partial charge in [0.15, 0.2) is 11.5 Å². The maximum Gasteiger partial charge on any atom is 0.231 e. The Morgan fingerprint density at radius 1 is 1.25 bits per heavy atom. The Morgan fingerprint density at radius 3 is 2.95 bits per heavy atom. The van der Waals surface area contributed by atoms with Crippen LogP contribution in [0.3, 0.4) is 0 Å². The van der Waals surface area contributed by atoms with Crippen molar-refractivity contribution in [3.63, 3.8) is 0 Å². The van der Waals surface area contributed by atoms with Gasteiger partial charge in [-0.2, -0.15) is 9.97 Å². The van der Waals surface area contributed by atoms with E-state index in [0.29, 0.717) is 18.2 Å². The summed E-state index contributed by atoms with van der Waals surface area (Å²) < 4.78 is 15.6. The van der Waals surface area contributed by atoms with E-state index in [9.17, 15) is 0 Å². The zero-order valence-corrected chi connectivity index (χ0v) is 10.9. The van der Waals surface area contributed by atoms with Gasteiger partial charge < -0.3 is 25.3 Å². The molecule has 104 valence electrons. The third-order valence-corrected chi connectivity index (χ3v) is 2.84. The van der Waals surface area contributed by atoms with Crippen LogP contribution < -0.4 is 25.3 Å². The highest BCUT2D eigenvalue weighted by Crippen LogP contribution is 2.32. The van der Waals surface area contributed by atoms with Crippen molar-refractivity contribution in [1.29, 1.82) is 0 Å². The molecule has 1 aliphatic rings. The summed E-state index contributed by atoms with van der Waals surface area (Å²) in [5, 5.41) is 3.16. The Morgan fingerprint density at radius 2 is 2.10 bits per heavy atom. The van der Waals surface area contributed by atoms with Crippen LogP contribution in [0.4, 0.5) is 11.8 Å². The summed E-state index contributed by atoms with van der Waals surface area (Å²) in [4.78, 5) is 8.01. The van der Waals surface area contributed by atoms with E-state index < -0.39 is 0 Å². The van der Waals surface area contributed by atoms with Crippen molar-refractivity contribution in [3.8, 4) is 17.4 Å². The number of benzene rings is 1. The summed E-state index contributed by atoms with van der Waals surface area (Å²) in [5.41, 5.74) is 6.65. The van der Waals surface area contributed by atoms with E-state index in [1.54, 1.807) is 6.07 Å². The largest absolute Gasteiger partial charge is 0.481 e. The lowest BCUT2D eigenvalue weighted by atomic mass is 10.2. The summed E-state index contributed by atoms with van der Waals surface area (Å²) in [5.74, 6) is 2.71. The van der Waals surface area contributed by atoms with Crippen molar-refractivity contribution < 1.29 is 14.2 Å². The average Bonchev–Trinajstić information content (AvgIpc) is 2.92. The van der Waals surface area contributed by atoms with Gasteiger partial charge in [-0.25, -0.2) is 0 Å². The molecule has 2 heterocycles. The molecule has 0 saturated carbocycles. The Hall–Kier alpha value is -2.70. The Balaban J connectivity index is 1.71. The molecule has 0 unspecified atom stereocenters. The highest BCUT2D eigenvalue weighted by atomic mass is 16.7. The van der Waals surface area contributed by atoms with Crippen LogP contribution in [0.15, 0.2) is 24.3 Å². The van der Waals surface area contributed by atoms with Gasteiger partial charge in [-0.1, -0.05) is 6.07 Å². The Bertz CT molecular complexity index is 633. The second-order valence-corrected chi connectivity index (χ2v) is 4.19. The van der Waals surface area contributed by atoms with E-state index in [2.05, 4.69) is 15.3 Å². The van der Waals surface area contributed by atoms with E-state index >= 15 is 0 Å². The fraction of sp³-hybridized carbons (Fsp3) is 0.231. The zero-order valence-electron chi connectivity index (χ0n) is 10.9. The van der Waals surface area contributed by atoms with Gasteiger partial charge in [-0.15, -0.1) is 0 Å². The number of fused-ring (bicyclic) bond motifs is 1. The van der Waals surface area contributed by atoms with Crippen molar-refractivity contribution in [2.45, 2.75) is 6.54 Å². The van der Waals surface area contributed by atoms with E-state index in [-0.39, 0.29) is 12.7 Å². The lowest BCUT2D eigenvalue weighted by Gasteiger charge is -2.08. The monoisotopic (exact) mass is 274 g/mol. The molecule has 0 bridgehead atoms. The summed E-state index contributed by atoms with van der Waals surface area (Å²) in [6, 6.07) is 7.46. The number of methoxy groups -OCH3 is 1. The number of anilines is 2. The molecule has 20 heavy (non-hydrogen) atoms. The molecule has 2 aromatic rings. The Kier molecular flexibility index (Phi) is 3.16. The third-order valence-electron chi connectivity index (χ3n) is 2.84. The molecule has 3 rings (SSSR count). The van der Waals surface area contributed by atoms with Gasteiger partial charge in [0.1, 0.15) is 5.82 Å². The molecule has 3 N–H and O–H groups in total. The van der Waals surface area contributed by atoms with Crippen LogP contribution in [0, 0.1) is 0 Å². The number of nitrogens with two attached hydrogens (primary N) is 1. The number of hydrogen-bond acceptors (Lipinski definition) is 7. The van der Waals surface area contributed by atoms with Gasteiger partial charge in [0.05, 0.1) is 7.11 Å². The maximum absolute atomic E-state index is 5.60. The molecule has 1 aromatic carbocycles. The second kappa shape index (κ2) is 5.12. The fourth-order valence-corrected chi connectivity index (χ4v) is 1.88. The molecule has 0 atom stereocenters. The number of ether oxygens (including phenoxy) is 3. The molecule has 0 aliphatic carbocycles. The van der Waals surface area contributed by atoms with Gasteiger partial charge in [-0.05, 0) is 17.7 Å². The van der Waals surface area contributed by atoms with Crippen LogP contribution in [0.25, 0.3) is 0 Å². The molecular weight excluding hydrogens is 260 g/mol. The summed E-state index contributed by atoms with van der Waals surface area (Å²) in [6.07, 6.45) is 0. The van der Waals surface area contributed by atoms with Crippen LogP contribution in [0.5, 0.6) is 17.4 Å². The van der Waals surface area contributed by atoms with Crippen molar-refractivity contribution in [2.75, 3.05) is 25.0 Å². The highest BCUT2D eigenvalue weighted by Gasteiger charge is 2.13. The van der Waals surface area contributed by atoms with Gasteiger partial charge in [0.2, 0.25) is 18.6 Å². The predicted molar refractivity (Wildman–Crippen MR) is 72.9 cm³/mol. The number of rotatable bonds is 4. The summed E-state index contributed by atoms with van der Waals surface area (Å²) in [7, 11) is 1.53. The quantitative estimate of drug-likeness (QED) is 0.870. The molecule has 0 spiro atoms. The summed E-state index contributed by atoms with van der Waals surface area (Å²) >= 11 is 0. The minimum Gasteiger partial charge on any atom is -0.481 e. The number of hydrogen-bond donors (Lipinski definition) is 2.